The van der Waals surface area contributed by atoms with Crippen LogP contribution in [0.5, 0.6) is 0 Å². The quantitative estimate of drug-likeness (QED) is 0.195. The summed E-state index contributed by atoms with van der Waals surface area (Å²) in [7, 11) is 0. The van der Waals surface area contributed by atoms with Gasteiger partial charge in [0.15, 0.2) is 0 Å². The van der Waals surface area contributed by atoms with Gasteiger partial charge in [0, 0.05) is 43.3 Å². The molecule has 9 rings (SSSR count). The molecule has 0 saturated carbocycles. The van der Waals surface area contributed by atoms with E-state index >= 15 is 0 Å². The van der Waals surface area contributed by atoms with E-state index in [9.17, 15) is 0 Å². The molecule has 43 heavy (non-hydrogen) atoms. The fraction of sp³-hybridized carbons (Fsp3) is 0. The van der Waals surface area contributed by atoms with E-state index in [-0.39, 0.29) is 0 Å². The molecule has 3 heteroatoms. The maximum atomic E-state index is 4.50. The van der Waals surface area contributed by atoms with Gasteiger partial charge < -0.3 is 0 Å². The molecule has 0 spiro atoms. The third kappa shape index (κ3) is 4.51. The third-order valence-electron chi connectivity index (χ3n) is 8.04. The lowest BCUT2D eigenvalue weighted by molar-refractivity contribution is 1.31. The number of hydrogen-bond acceptors (Lipinski definition) is 3. The Hall–Kier alpha value is -5.38. The van der Waals surface area contributed by atoms with Crippen LogP contribution in [-0.4, -0.2) is 9.97 Å². The zero-order valence-electron chi connectivity index (χ0n) is 23.3. The van der Waals surface area contributed by atoms with Crippen LogP contribution in [0.3, 0.4) is 0 Å². The summed E-state index contributed by atoms with van der Waals surface area (Å²) in [5.41, 5.74) is 7.07. The van der Waals surface area contributed by atoms with Crippen LogP contribution in [0.1, 0.15) is 0 Å². The highest BCUT2D eigenvalue weighted by atomic mass is 32.1. The van der Waals surface area contributed by atoms with Gasteiger partial charge >= 0.3 is 0 Å². The Morgan fingerprint density at radius 2 is 0.884 bits per heavy atom. The van der Waals surface area contributed by atoms with Gasteiger partial charge in [0.2, 0.25) is 0 Å². The van der Waals surface area contributed by atoms with Gasteiger partial charge in [0.1, 0.15) is 0 Å². The van der Waals surface area contributed by atoms with E-state index in [0.29, 0.717) is 0 Å². The molecule has 7 aromatic carbocycles. The lowest BCUT2D eigenvalue weighted by Gasteiger charge is -2.07. The molecule has 9 aromatic rings. The lowest BCUT2D eigenvalue weighted by Crippen LogP contribution is -1.87. The highest BCUT2D eigenvalue weighted by Crippen LogP contribution is 2.40. The summed E-state index contributed by atoms with van der Waals surface area (Å²) in [5.74, 6) is 0. The second-order valence-corrected chi connectivity index (χ2v) is 11.6. The van der Waals surface area contributed by atoms with Crippen molar-refractivity contribution in [3.63, 3.8) is 0 Å². The van der Waals surface area contributed by atoms with Crippen LogP contribution < -0.4 is 0 Å². The first-order valence-electron chi connectivity index (χ1n) is 14.4. The smallest absolute Gasteiger partial charge is 0.0971 e. The first kappa shape index (κ1) is 25.3. The normalized spacial score (nSPS) is 11.3. The third-order valence-corrected chi connectivity index (χ3v) is 9.26. The largest absolute Gasteiger partial charge is 0.252 e. The number of benzene rings is 7. The van der Waals surface area contributed by atoms with Crippen molar-refractivity contribution < 1.29 is 0 Å². The Morgan fingerprint density at radius 3 is 1.58 bits per heavy atom. The molecule has 0 bridgehead atoms. The zero-order chi connectivity index (χ0) is 28.6. The van der Waals surface area contributed by atoms with Gasteiger partial charge in [-0.15, -0.1) is 11.3 Å². The summed E-state index contributed by atoms with van der Waals surface area (Å²) in [6, 6.07) is 51.5. The Kier molecular flexibility index (Phi) is 6.36. The van der Waals surface area contributed by atoms with E-state index in [1.807, 2.05) is 23.5 Å². The second-order valence-electron chi connectivity index (χ2n) is 10.6. The van der Waals surface area contributed by atoms with E-state index < -0.39 is 0 Å². The molecule has 0 unspecified atom stereocenters. The van der Waals surface area contributed by atoms with Crippen molar-refractivity contribution in [3.05, 3.63) is 158 Å². The fourth-order valence-corrected chi connectivity index (χ4v) is 7.29. The minimum absolute atomic E-state index is 0.979. The molecule has 0 aliphatic carbocycles. The first-order chi connectivity index (χ1) is 21.3. The average Bonchev–Trinajstić information content (AvgIpc) is 3.48. The van der Waals surface area contributed by atoms with Gasteiger partial charge in [-0.3, -0.25) is 9.97 Å². The topological polar surface area (TPSA) is 25.8 Å². The minimum atomic E-state index is 0.979. The molecule has 2 aromatic heterocycles. The van der Waals surface area contributed by atoms with E-state index in [0.717, 1.165) is 11.0 Å². The molecular formula is C40H26N2S. The summed E-state index contributed by atoms with van der Waals surface area (Å²) in [6.45, 7) is 0. The minimum Gasteiger partial charge on any atom is -0.252 e. The van der Waals surface area contributed by atoms with E-state index in [1.165, 1.54) is 64.0 Å². The number of thiophene rings is 1. The van der Waals surface area contributed by atoms with Crippen LogP contribution in [0, 0.1) is 0 Å². The molecule has 0 fully saturated rings. The molecule has 0 aliphatic heterocycles. The predicted octanol–water partition coefficient (Wildman–Crippen LogP) is 11.3. The van der Waals surface area contributed by atoms with Crippen LogP contribution in [-0.2, 0) is 0 Å². The standard InChI is InChI=1S/C24H16S.C16H10N2/c1-2-8-17(9-3-1)18-10-6-11-19(16-18)20-13-7-14-22-21-12-4-5-15-23(21)25-24(20)22;1-3-7-13-11(5-1)12-6-2-4-8-14(12)16-15(13)17-9-10-18-16/h1-16H;1-10H. The van der Waals surface area contributed by atoms with Crippen molar-refractivity contribution in [1.29, 1.82) is 0 Å². The molecular weight excluding hydrogens is 541 g/mol. The number of hydrogen-bond donors (Lipinski definition) is 0. The molecule has 2 nitrogen and oxygen atoms in total. The van der Waals surface area contributed by atoms with E-state index in [1.54, 1.807) is 12.4 Å². The van der Waals surface area contributed by atoms with Gasteiger partial charge in [-0.1, -0.05) is 133 Å². The Balaban J connectivity index is 0.000000136. The van der Waals surface area contributed by atoms with E-state index in [4.69, 9.17) is 0 Å². The highest BCUT2D eigenvalue weighted by Gasteiger charge is 2.11. The van der Waals surface area contributed by atoms with Gasteiger partial charge in [0.25, 0.3) is 0 Å². The molecule has 0 N–H and O–H groups in total. The summed E-state index contributed by atoms with van der Waals surface area (Å²) in [5, 5.41) is 7.51. The maximum absolute atomic E-state index is 4.50. The number of aromatic nitrogens is 2. The van der Waals surface area contributed by atoms with Crippen LogP contribution in [0.25, 0.3) is 75.0 Å². The second kappa shape index (κ2) is 10.8. The molecule has 2 heterocycles. The molecule has 0 amide bonds. The van der Waals surface area contributed by atoms with Crippen LogP contribution in [0.15, 0.2) is 158 Å². The maximum Gasteiger partial charge on any atom is 0.0971 e. The zero-order valence-corrected chi connectivity index (χ0v) is 24.1. The molecule has 202 valence electrons. The summed E-state index contributed by atoms with van der Waals surface area (Å²) < 4.78 is 2.72. The van der Waals surface area contributed by atoms with Crippen LogP contribution in [0.4, 0.5) is 0 Å². The van der Waals surface area contributed by atoms with Crippen LogP contribution >= 0.6 is 11.3 Å². The number of fused-ring (bicyclic) bond motifs is 9. The SMILES string of the molecule is c1ccc(-c2cccc(-c3cccc4c3sc3ccccc34)c2)cc1.c1ccc2c(c1)c1ccccc1c1nccnc21. The lowest BCUT2D eigenvalue weighted by atomic mass is 9.98. The Morgan fingerprint density at radius 1 is 0.372 bits per heavy atom. The predicted molar refractivity (Wildman–Crippen MR) is 185 cm³/mol. The van der Waals surface area contributed by atoms with Gasteiger partial charge in [0.05, 0.1) is 11.0 Å². The van der Waals surface area contributed by atoms with Crippen molar-refractivity contribution in [1.82, 2.24) is 9.97 Å². The van der Waals surface area contributed by atoms with Crippen molar-refractivity contribution >= 4 is 64.1 Å². The van der Waals surface area contributed by atoms with Gasteiger partial charge in [-0.2, -0.15) is 0 Å². The van der Waals surface area contributed by atoms with Crippen LogP contribution in [0.2, 0.25) is 0 Å². The molecule has 0 atom stereocenters. The molecule has 0 aliphatic rings. The van der Waals surface area contributed by atoms with Crippen molar-refractivity contribution in [3.8, 4) is 22.3 Å². The molecule has 0 radical (unpaired) electrons. The Bertz CT molecular complexity index is 2190. The average molecular weight is 567 g/mol. The Labute approximate surface area is 253 Å². The van der Waals surface area contributed by atoms with Gasteiger partial charge in [-0.05, 0) is 45.2 Å². The molecule has 0 saturated heterocycles. The fourth-order valence-electron chi connectivity index (χ4n) is 6.05. The monoisotopic (exact) mass is 566 g/mol. The van der Waals surface area contributed by atoms with Crippen molar-refractivity contribution in [2.45, 2.75) is 0 Å². The highest BCUT2D eigenvalue weighted by molar-refractivity contribution is 7.26. The summed E-state index contributed by atoms with van der Waals surface area (Å²) >= 11 is 1.88. The van der Waals surface area contributed by atoms with Crippen molar-refractivity contribution in [2.24, 2.45) is 0 Å². The van der Waals surface area contributed by atoms with E-state index in [2.05, 4.69) is 143 Å². The number of rotatable bonds is 2. The first-order valence-corrected chi connectivity index (χ1v) is 15.2. The van der Waals surface area contributed by atoms with Gasteiger partial charge in [-0.25, -0.2) is 0 Å². The summed E-state index contributed by atoms with van der Waals surface area (Å²) in [4.78, 5) is 8.99. The number of nitrogens with zero attached hydrogens (tertiary/aromatic N) is 2. The van der Waals surface area contributed by atoms with Crippen molar-refractivity contribution in [2.75, 3.05) is 0 Å². The summed E-state index contributed by atoms with van der Waals surface area (Å²) in [6.07, 6.45) is 3.51.